The molecule has 6 N–H and O–H groups in total. The molecule has 1 heterocycles. The molecule has 9 heteroatoms. The summed E-state index contributed by atoms with van der Waals surface area (Å²) < 4.78 is 11.3. The first-order valence-electron chi connectivity index (χ1n) is 29.7. The fourth-order valence-corrected chi connectivity index (χ4v) is 9.46. The highest BCUT2D eigenvalue weighted by Gasteiger charge is 2.44. The number of unbranched alkanes of at least 4 members (excludes halogenated alkanes) is 37. The highest BCUT2D eigenvalue weighted by atomic mass is 16.7. The number of hydrogen-bond acceptors (Lipinski definition) is 8. The Morgan fingerprint density at radius 2 is 0.826 bits per heavy atom. The topological polar surface area (TPSA) is 149 Å². The Kier molecular flexibility index (Phi) is 47.4. The van der Waals surface area contributed by atoms with Crippen LogP contribution in [0.5, 0.6) is 0 Å². The smallest absolute Gasteiger partial charge is 0.220 e. The Morgan fingerprint density at radius 3 is 1.22 bits per heavy atom. The monoisotopic (exact) mass is 976 g/mol. The predicted octanol–water partition coefficient (Wildman–Crippen LogP) is 14.7. The SMILES string of the molecule is CCCCCCCCCCCCCC/C=C\CCCCCCCCCC(=O)NC(COC1OC(CO)C(O)C(O)C1O)C(O)/C=C/CC/C=C/CCCCCCCCCCCCCCCCCCC. The zero-order valence-corrected chi connectivity index (χ0v) is 45.1. The number of rotatable bonds is 51. The van der Waals surface area contributed by atoms with E-state index in [1.165, 1.54) is 212 Å². The molecule has 69 heavy (non-hydrogen) atoms. The summed E-state index contributed by atoms with van der Waals surface area (Å²) in [5, 5.41) is 54.5. The second-order valence-electron chi connectivity index (χ2n) is 20.8. The lowest BCUT2D eigenvalue weighted by molar-refractivity contribution is -0.302. The Labute approximate surface area is 425 Å². The van der Waals surface area contributed by atoms with Crippen LogP contribution < -0.4 is 5.32 Å². The van der Waals surface area contributed by atoms with Gasteiger partial charge in [-0.2, -0.15) is 0 Å². The van der Waals surface area contributed by atoms with Gasteiger partial charge in [-0.05, 0) is 57.8 Å². The minimum Gasteiger partial charge on any atom is -0.394 e. The Balaban J connectivity index is 2.24. The molecule has 0 aromatic rings. The third-order valence-electron chi connectivity index (χ3n) is 14.2. The molecule has 0 saturated carbocycles. The number of carbonyl (C=O) groups excluding carboxylic acids is 1. The average molecular weight is 977 g/mol. The van der Waals surface area contributed by atoms with E-state index in [0.29, 0.717) is 6.42 Å². The van der Waals surface area contributed by atoms with Crippen LogP contribution in [-0.4, -0.2) is 87.5 Å². The van der Waals surface area contributed by atoms with E-state index in [2.05, 4.69) is 43.5 Å². The summed E-state index contributed by atoms with van der Waals surface area (Å²) in [7, 11) is 0. The van der Waals surface area contributed by atoms with Crippen molar-refractivity contribution in [2.75, 3.05) is 13.2 Å². The van der Waals surface area contributed by atoms with Crippen LogP contribution in [0.25, 0.3) is 0 Å². The summed E-state index contributed by atoms with van der Waals surface area (Å²) in [6.45, 7) is 3.80. The molecule has 1 amide bonds. The molecule has 1 aliphatic heterocycles. The first-order valence-corrected chi connectivity index (χ1v) is 29.7. The van der Waals surface area contributed by atoms with Gasteiger partial charge in [-0.1, -0.05) is 256 Å². The van der Waals surface area contributed by atoms with Gasteiger partial charge in [0.15, 0.2) is 6.29 Å². The molecule has 406 valence electrons. The van der Waals surface area contributed by atoms with Gasteiger partial charge >= 0.3 is 0 Å². The van der Waals surface area contributed by atoms with Crippen molar-refractivity contribution in [3.8, 4) is 0 Å². The van der Waals surface area contributed by atoms with Crippen LogP contribution in [0.3, 0.4) is 0 Å². The van der Waals surface area contributed by atoms with Crippen molar-refractivity contribution < 1.29 is 39.8 Å². The maximum absolute atomic E-state index is 13.1. The summed E-state index contributed by atoms with van der Waals surface area (Å²) >= 11 is 0. The highest BCUT2D eigenvalue weighted by Crippen LogP contribution is 2.23. The van der Waals surface area contributed by atoms with Gasteiger partial charge < -0.3 is 40.3 Å². The van der Waals surface area contributed by atoms with Gasteiger partial charge in [0.25, 0.3) is 0 Å². The number of aliphatic hydroxyl groups excluding tert-OH is 5. The van der Waals surface area contributed by atoms with Crippen molar-refractivity contribution in [3.63, 3.8) is 0 Å². The van der Waals surface area contributed by atoms with Crippen LogP contribution >= 0.6 is 0 Å². The summed E-state index contributed by atoms with van der Waals surface area (Å²) in [5.74, 6) is -0.188. The van der Waals surface area contributed by atoms with E-state index < -0.39 is 49.5 Å². The van der Waals surface area contributed by atoms with Gasteiger partial charge in [0, 0.05) is 6.42 Å². The molecule has 1 saturated heterocycles. The summed E-state index contributed by atoms with van der Waals surface area (Å²) in [6.07, 6.45) is 57.9. The lowest BCUT2D eigenvalue weighted by Gasteiger charge is -2.40. The summed E-state index contributed by atoms with van der Waals surface area (Å²) in [4.78, 5) is 13.1. The molecule has 0 aromatic heterocycles. The zero-order valence-electron chi connectivity index (χ0n) is 45.1. The van der Waals surface area contributed by atoms with Crippen molar-refractivity contribution in [1.29, 1.82) is 0 Å². The molecule has 7 atom stereocenters. The molecule has 0 aliphatic carbocycles. The zero-order chi connectivity index (χ0) is 50.1. The Morgan fingerprint density at radius 1 is 0.478 bits per heavy atom. The van der Waals surface area contributed by atoms with Gasteiger partial charge in [0.05, 0.1) is 25.4 Å². The molecule has 1 rings (SSSR count). The van der Waals surface area contributed by atoms with Crippen molar-refractivity contribution in [2.45, 2.75) is 326 Å². The van der Waals surface area contributed by atoms with Crippen LogP contribution in [0, 0.1) is 0 Å². The molecule has 7 unspecified atom stereocenters. The number of aliphatic hydroxyl groups is 5. The van der Waals surface area contributed by atoms with Gasteiger partial charge in [-0.3, -0.25) is 4.79 Å². The predicted molar refractivity (Wildman–Crippen MR) is 290 cm³/mol. The second-order valence-corrected chi connectivity index (χ2v) is 20.8. The summed E-state index contributed by atoms with van der Waals surface area (Å²) in [6, 6.07) is -0.824. The van der Waals surface area contributed by atoms with Crippen LogP contribution in [0.1, 0.15) is 284 Å². The standard InChI is InChI=1S/C60H113NO8/c1-3-5-7-9-11-13-15-17-19-21-23-25-27-29-31-33-35-37-39-41-43-45-47-49-54(63)53(52-68-60-59(67)58(66)57(65)55(51-62)69-60)61-56(64)50-48-46-44-42-40-38-36-34-32-30-28-26-24-22-20-18-16-14-12-10-8-6-4-2/h30,32,39,41,47,49,53-55,57-60,62-63,65-67H,3-29,31,33-38,40,42-46,48,50-52H2,1-2H3,(H,61,64)/b32-30-,41-39+,49-47+. The molecule has 1 aliphatic rings. The molecule has 0 bridgehead atoms. The van der Waals surface area contributed by atoms with E-state index in [-0.39, 0.29) is 12.5 Å². The van der Waals surface area contributed by atoms with Crippen LogP contribution in [0.4, 0.5) is 0 Å². The fourth-order valence-electron chi connectivity index (χ4n) is 9.46. The Bertz CT molecular complexity index is 1180. The number of ether oxygens (including phenoxy) is 2. The number of allylic oxidation sites excluding steroid dienone is 5. The lowest BCUT2D eigenvalue weighted by atomic mass is 9.99. The third kappa shape index (κ3) is 39.6. The molecule has 0 spiro atoms. The number of carbonyl (C=O) groups is 1. The quantitative estimate of drug-likeness (QED) is 0.0261. The van der Waals surface area contributed by atoms with E-state index in [0.717, 1.165) is 51.4 Å². The van der Waals surface area contributed by atoms with Gasteiger partial charge in [-0.15, -0.1) is 0 Å². The first kappa shape index (κ1) is 65.4. The maximum Gasteiger partial charge on any atom is 0.220 e. The minimum atomic E-state index is -1.57. The molecular weight excluding hydrogens is 863 g/mol. The van der Waals surface area contributed by atoms with E-state index in [1.807, 2.05) is 6.08 Å². The minimum absolute atomic E-state index is 0.188. The lowest BCUT2D eigenvalue weighted by Crippen LogP contribution is -2.60. The van der Waals surface area contributed by atoms with Crippen molar-refractivity contribution in [1.82, 2.24) is 5.32 Å². The van der Waals surface area contributed by atoms with Crippen LogP contribution in [0.15, 0.2) is 36.5 Å². The van der Waals surface area contributed by atoms with E-state index >= 15 is 0 Å². The fraction of sp³-hybridized carbons (Fsp3) is 0.883. The van der Waals surface area contributed by atoms with Gasteiger partial charge in [0.2, 0.25) is 5.91 Å². The summed E-state index contributed by atoms with van der Waals surface area (Å²) in [5.41, 5.74) is 0. The molecule has 9 nitrogen and oxygen atoms in total. The first-order chi connectivity index (χ1) is 33.8. The van der Waals surface area contributed by atoms with Gasteiger partial charge in [0.1, 0.15) is 24.4 Å². The van der Waals surface area contributed by atoms with Crippen molar-refractivity contribution in [3.05, 3.63) is 36.5 Å². The normalized spacial score (nSPS) is 19.7. The van der Waals surface area contributed by atoms with Gasteiger partial charge in [-0.25, -0.2) is 0 Å². The molecular formula is C60H113NO8. The largest absolute Gasteiger partial charge is 0.394 e. The second kappa shape index (κ2) is 50.0. The van der Waals surface area contributed by atoms with E-state index in [9.17, 15) is 30.3 Å². The molecule has 1 fully saturated rings. The number of nitrogens with one attached hydrogen (secondary N) is 1. The third-order valence-corrected chi connectivity index (χ3v) is 14.2. The van der Waals surface area contributed by atoms with Crippen LogP contribution in [0.2, 0.25) is 0 Å². The average Bonchev–Trinajstić information content (AvgIpc) is 3.35. The number of amides is 1. The van der Waals surface area contributed by atoms with E-state index in [1.54, 1.807) is 6.08 Å². The molecule has 0 aromatic carbocycles. The maximum atomic E-state index is 13.1. The van der Waals surface area contributed by atoms with Crippen molar-refractivity contribution >= 4 is 5.91 Å². The van der Waals surface area contributed by atoms with E-state index in [4.69, 9.17) is 9.47 Å². The molecule has 0 radical (unpaired) electrons. The Hall–Kier alpha value is -1.59. The van der Waals surface area contributed by atoms with Crippen molar-refractivity contribution in [2.24, 2.45) is 0 Å². The van der Waals surface area contributed by atoms with Crippen LogP contribution in [-0.2, 0) is 14.3 Å². The number of hydrogen-bond donors (Lipinski definition) is 6. The highest BCUT2D eigenvalue weighted by molar-refractivity contribution is 5.76.